The van der Waals surface area contributed by atoms with Crippen LogP contribution in [0.15, 0.2) is 42.5 Å². The molecule has 0 unspecified atom stereocenters. The number of nitro groups is 1. The number of nitro benzene ring substituents is 1. The Labute approximate surface area is 167 Å². The molecule has 2 aromatic carbocycles. The van der Waals surface area contributed by atoms with Crippen molar-refractivity contribution in [3.63, 3.8) is 0 Å². The van der Waals surface area contributed by atoms with E-state index in [0.717, 1.165) is 5.69 Å². The molecular weight excluding hydrogens is 384 g/mol. The Morgan fingerprint density at radius 3 is 2.61 bits per heavy atom. The summed E-state index contributed by atoms with van der Waals surface area (Å²) in [6.07, 6.45) is 0. The topological polar surface area (TPSA) is 88.0 Å². The quantitative estimate of drug-likeness (QED) is 0.588. The van der Waals surface area contributed by atoms with Crippen LogP contribution in [0.5, 0.6) is 5.75 Å². The molecule has 1 fully saturated rings. The molecule has 1 saturated heterocycles. The van der Waals surface area contributed by atoms with Gasteiger partial charge in [0.25, 0.3) is 5.69 Å². The predicted octanol–water partition coefficient (Wildman–Crippen LogP) is 3.02. The van der Waals surface area contributed by atoms with Crippen molar-refractivity contribution in [1.82, 2.24) is 4.90 Å². The van der Waals surface area contributed by atoms with E-state index in [9.17, 15) is 14.9 Å². The maximum absolute atomic E-state index is 12.5. The molecule has 1 heterocycles. The van der Waals surface area contributed by atoms with Crippen molar-refractivity contribution in [1.29, 1.82) is 0 Å². The maximum atomic E-state index is 12.5. The fraction of sp³-hybridized carbons (Fsp3) is 0.316. The summed E-state index contributed by atoms with van der Waals surface area (Å²) in [6, 6.07) is 12.0. The second-order valence-electron chi connectivity index (χ2n) is 6.31. The number of hydrogen-bond acceptors (Lipinski definition) is 6. The molecule has 1 aliphatic heterocycles. The number of benzene rings is 2. The average Bonchev–Trinajstić information content (AvgIpc) is 2.72. The van der Waals surface area contributed by atoms with E-state index in [1.54, 1.807) is 24.1 Å². The van der Waals surface area contributed by atoms with Crippen LogP contribution in [0.4, 0.5) is 17.1 Å². The van der Waals surface area contributed by atoms with E-state index < -0.39 is 4.92 Å². The molecule has 0 radical (unpaired) electrons. The van der Waals surface area contributed by atoms with Gasteiger partial charge in [0, 0.05) is 37.3 Å². The van der Waals surface area contributed by atoms with Gasteiger partial charge in [0.05, 0.1) is 24.3 Å². The van der Waals surface area contributed by atoms with Crippen LogP contribution in [-0.4, -0.2) is 55.6 Å². The number of rotatable bonds is 6. The summed E-state index contributed by atoms with van der Waals surface area (Å²) < 4.78 is 5.27. The van der Waals surface area contributed by atoms with Crippen molar-refractivity contribution in [2.24, 2.45) is 0 Å². The second kappa shape index (κ2) is 8.79. The van der Waals surface area contributed by atoms with Gasteiger partial charge in [-0.3, -0.25) is 14.9 Å². The van der Waals surface area contributed by atoms with Crippen molar-refractivity contribution in [2.75, 3.05) is 50.1 Å². The third kappa shape index (κ3) is 4.45. The number of anilines is 2. The van der Waals surface area contributed by atoms with Crippen molar-refractivity contribution in [3.05, 3.63) is 57.6 Å². The third-order valence-electron chi connectivity index (χ3n) is 4.64. The van der Waals surface area contributed by atoms with Crippen molar-refractivity contribution in [2.45, 2.75) is 0 Å². The molecule has 0 saturated carbocycles. The monoisotopic (exact) mass is 404 g/mol. The number of para-hydroxylation sites is 2. The molecule has 1 N–H and O–H groups in total. The zero-order valence-corrected chi connectivity index (χ0v) is 16.2. The molecule has 1 aliphatic rings. The number of carbonyl (C=O) groups excluding carboxylic acids is 1. The third-order valence-corrected chi connectivity index (χ3v) is 4.88. The van der Waals surface area contributed by atoms with Crippen LogP contribution in [-0.2, 0) is 4.79 Å². The molecule has 0 atom stereocenters. The Bertz CT molecular complexity index is 869. The predicted molar refractivity (Wildman–Crippen MR) is 108 cm³/mol. The van der Waals surface area contributed by atoms with Gasteiger partial charge in [-0.15, -0.1) is 0 Å². The Hall–Kier alpha value is -3.00. The number of carbonyl (C=O) groups is 1. The zero-order chi connectivity index (χ0) is 20.1. The normalized spacial score (nSPS) is 13.9. The van der Waals surface area contributed by atoms with E-state index in [4.69, 9.17) is 16.3 Å². The summed E-state index contributed by atoms with van der Waals surface area (Å²) >= 11 is 5.88. The molecule has 1 amide bonds. The first-order chi connectivity index (χ1) is 13.5. The summed E-state index contributed by atoms with van der Waals surface area (Å²) in [4.78, 5) is 27.0. The number of amides is 1. The Morgan fingerprint density at radius 2 is 1.93 bits per heavy atom. The number of ether oxygens (including phenoxy) is 1. The highest BCUT2D eigenvalue weighted by Gasteiger charge is 2.26. The molecule has 2 aromatic rings. The highest BCUT2D eigenvalue weighted by atomic mass is 35.5. The minimum atomic E-state index is -0.435. The summed E-state index contributed by atoms with van der Waals surface area (Å²) in [6.45, 7) is 2.17. The lowest BCUT2D eigenvalue weighted by Gasteiger charge is -2.36. The number of nitrogens with one attached hydrogen (secondary N) is 1. The van der Waals surface area contributed by atoms with Gasteiger partial charge in [-0.2, -0.15) is 0 Å². The van der Waals surface area contributed by atoms with Gasteiger partial charge in [0.2, 0.25) is 5.91 Å². The summed E-state index contributed by atoms with van der Waals surface area (Å²) in [5, 5.41) is 14.7. The van der Waals surface area contributed by atoms with Crippen LogP contribution in [0.3, 0.4) is 0 Å². The van der Waals surface area contributed by atoms with Gasteiger partial charge in [0.15, 0.2) is 0 Å². The van der Waals surface area contributed by atoms with Crippen LogP contribution in [0, 0.1) is 10.1 Å². The lowest BCUT2D eigenvalue weighted by Crippen LogP contribution is -2.50. The first-order valence-electron chi connectivity index (χ1n) is 8.83. The van der Waals surface area contributed by atoms with Crippen LogP contribution >= 0.6 is 11.6 Å². The Morgan fingerprint density at radius 1 is 1.21 bits per heavy atom. The Kier molecular flexibility index (Phi) is 6.20. The highest BCUT2D eigenvalue weighted by molar-refractivity contribution is 6.30. The largest absolute Gasteiger partial charge is 0.495 e. The van der Waals surface area contributed by atoms with Gasteiger partial charge in [-0.1, -0.05) is 23.7 Å². The second-order valence-corrected chi connectivity index (χ2v) is 6.75. The molecule has 0 aliphatic carbocycles. The maximum Gasteiger partial charge on any atom is 0.294 e. The lowest BCUT2D eigenvalue weighted by atomic mass is 10.2. The fourth-order valence-corrected chi connectivity index (χ4v) is 3.35. The Balaban J connectivity index is 1.58. The first kappa shape index (κ1) is 19.8. The fourth-order valence-electron chi connectivity index (χ4n) is 3.18. The molecule has 8 nitrogen and oxygen atoms in total. The van der Waals surface area contributed by atoms with Gasteiger partial charge >= 0.3 is 0 Å². The van der Waals surface area contributed by atoms with Crippen LogP contribution in [0.1, 0.15) is 0 Å². The van der Waals surface area contributed by atoms with E-state index in [0.29, 0.717) is 42.6 Å². The smallest absolute Gasteiger partial charge is 0.294 e. The SMILES string of the molecule is COc1ccccc1NCC(=O)N1CCN(c2ccc(Cl)cc2[N+](=O)[O-])CC1. The summed E-state index contributed by atoms with van der Waals surface area (Å²) in [5.74, 6) is 0.645. The number of halogens is 1. The van der Waals surface area contributed by atoms with Gasteiger partial charge in [-0.05, 0) is 24.3 Å². The average molecular weight is 405 g/mol. The molecule has 0 bridgehead atoms. The minimum Gasteiger partial charge on any atom is -0.495 e. The van der Waals surface area contributed by atoms with Gasteiger partial charge < -0.3 is 19.9 Å². The van der Waals surface area contributed by atoms with Crippen molar-refractivity contribution in [3.8, 4) is 5.75 Å². The number of methoxy groups -OCH3 is 1. The minimum absolute atomic E-state index is 0.0230. The summed E-state index contributed by atoms with van der Waals surface area (Å²) in [7, 11) is 1.58. The number of piperazine rings is 1. The molecule has 0 spiro atoms. The zero-order valence-electron chi connectivity index (χ0n) is 15.4. The van der Waals surface area contributed by atoms with Gasteiger partial charge in [0.1, 0.15) is 11.4 Å². The molecule has 148 valence electrons. The van der Waals surface area contributed by atoms with Crippen molar-refractivity contribution >= 4 is 34.6 Å². The highest BCUT2D eigenvalue weighted by Crippen LogP contribution is 2.31. The van der Waals surface area contributed by atoms with Gasteiger partial charge in [-0.25, -0.2) is 0 Å². The standard InChI is InChI=1S/C19H21ClN4O4/c1-28-18-5-3-2-4-15(18)21-13-19(25)23-10-8-22(9-11-23)16-7-6-14(20)12-17(16)24(26)27/h2-7,12,21H,8-11,13H2,1H3. The van der Waals surface area contributed by atoms with E-state index in [2.05, 4.69) is 5.32 Å². The van der Waals surface area contributed by atoms with Crippen molar-refractivity contribution < 1.29 is 14.5 Å². The number of hydrogen-bond donors (Lipinski definition) is 1. The van der Waals surface area contributed by atoms with E-state index in [1.807, 2.05) is 29.2 Å². The molecule has 9 heteroatoms. The summed E-state index contributed by atoms with van der Waals surface area (Å²) in [5.41, 5.74) is 1.26. The van der Waals surface area contributed by atoms with E-state index in [1.165, 1.54) is 6.07 Å². The van der Waals surface area contributed by atoms with Crippen LogP contribution in [0.2, 0.25) is 5.02 Å². The molecule has 28 heavy (non-hydrogen) atoms. The first-order valence-corrected chi connectivity index (χ1v) is 9.21. The molecule has 3 rings (SSSR count). The molecular formula is C19H21ClN4O4. The lowest BCUT2D eigenvalue weighted by molar-refractivity contribution is -0.384. The molecule has 0 aromatic heterocycles. The van der Waals surface area contributed by atoms with E-state index in [-0.39, 0.29) is 18.1 Å². The van der Waals surface area contributed by atoms with Crippen LogP contribution < -0.4 is 15.0 Å². The van der Waals surface area contributed by atoms with Crippen LogP contribution in [0.25, 0.3) is 0 Å². The van der Waals surface area contributed by atoms with E-state index >= 15 is 0 Å². The number of nitrogens with zero attached hydrogens (tertiary/aromatic N) is 3.